The Labute approximate surface area is 141 Å². The molecule has 0 aliphatic heterocycles. The van der Waals surface area contributed by atoms with Crippen molar-refractivity contribution in [3.05, 3.63) is 52.8 Å². The van der Waals surface area contributed by atoms with Crippen molar-refractivity contribution in [2.75, 3.05) is 0 Å². The molecule has 0 fully saturated rings. The molecule has 2 rings (SSSR count). The van der Waals surface area contributed by atoms with Crippen molar-refractivity contribution in [1.29, 1.82) is 0 Å². The van der Waals surface area contributed by atoms with Crippen molar-refractivity contribution < 1.29 is 17.6 Å². The number of benzene rings is 2. The Hall–Kier alpha value is -1.20. The van der Waals surface area contributed by atoms with Crippen molar-refractivity contribution in [1.82, 2.24) is 0 Å². The molecule has 0 atom stereocenters. The van der Waals surface area contributed by atoms with Gasteiger partial charge in [-0.15, -0.1) is 0 Å². The van der Waals surface area contributed by atoms with Crippen LogP contribution in [0.15, 0.2) is 41.3 Å². The van der Waals surface area contributed by atoms with Crippen LogP contribution in [0, 0.1) is 5.82 Å². The maximum atomic E-state index is 14.8. The maximum Gasteiger partial charge on any atom is 0.446 e. The van der Waals surface area contributed by atoms with E-state index in [0.717, 1.165) is 0 Å². The Morgan fingerprint density at radius 3 is 2.17 bits per heavy atom. The Kier molecular flexibility index (Phi) is 5.02. The molecule has 0 radical (unpaired) electrons. The summed E-state index contributed by atoms with van der Waals surface area (Å²) in [4.78, 5) is -0.0301. The number of alkyl halides is 3. The highest BCUT2D eigenvalue weighted by Gasteiger charge is 2.30. The summed E-state index contributed by atoms with van der Waals surface area (Å²) in [5.74, 6) is -0.462. The number of hydrogen-bond donors (Lipinski definition) is 0. The van der Waals surface area contributed by atoms with E-state index in [4.69, 9.17) is 11.6 Å². The van der Waals surface area contributed by atoms with Crippen LogP contribution in [0.3, 0.4) is 0 Å². The van der Waals surface area contributed by atoms with Gasteiger partial charge in [0.05, 0.1) is 0 Å². The molecule has 0 amide bonds. The van der Waals surface area contributed by atoms with E-state index in [9.17, 15) is 17.6 Å². The van der Waals surface area contributed by atoms with Crippen LogP contribution in [0.1, 0.15) is 26.3 Å². The highest BCUT2D eigenvalue weighted by molar-refractivity contribution is 8.00. The molecular weight excluding hydrogens is 348 g/mol. The van der Waals surface area contributed by atoms with Crippen LogP contribution in [-0.2, 0) is 5.41 Å². The lowest BCUT2D eigenvalue weighted by atomic mass is 9.85. The minimum atomic E-state index is -4.41. The van der Waals surface area contributed by atoms with Gasteiger partial charge in [-0.25, -0.2) is 4.39 Å². The SMILES string of the molecule is CC(C)(C)c1cccc(-c2cc(SC(F)(F)F)ccc2Cl)c1F. The van der Waals surface area contributed by atoms with Crippen molar-refractivity contribution in [2.24, 2.45) is 0 Å². The standard InChI is InChI=1S/C17H15ClF4S/c1-16(2,3)13-6-4-5-11(15(13)19)12-9-10(7-8-14(12)18)23-17(20,21)22/h4-9H,1-3H3. The largest absolute Gasteiger partial charge is 0.446 e. The molecule has 0 spiro atoms. The highest BCUT2D eigenvalue weighted by Crippen LogP contribution is 2.41. The molecule has 2 aromatic carbocycles. The zero-order valence-corrected chi connectivity index (χ0v) is 14.3. The van der Waals surface area contributed by atoms with E-state index in [-0.39, 0.29) is 32.8 Å². The molecule has 0 unspecified atom stereocenters. The first-order chi connectivity index (χ1) is 10.5. The zero-order valence-electron chi connectivity index (χ0n) is 12.8. The predicted octanol–water partition coefficient (Wildman–Crippen LogP) is 7.06. The van der Waals surface area contributed by atoms with Crippen molar-refractivity contribution >= 4 is 23.4 Å². The van der Waals surface area contributed by atoms with Crippen LogP contribution in [0.25, 0.3) is 11.1 Å². The van der Waals surface area contributed by atoms with Crippen molar-refractivity contribution in [3.8, 4) is 11.1 Å². The molecule has 0 bridgehead atoms. The molecule has 0 saturated carbocycles. The first-order valence-corrected chi connectivity index (χ1v) is 8.03. The lowest BCUT2D eigenvalue weighted by Crippen LogP contribution is -2.14. The van der Waals surface area contributed by atoms with E-state index in [1.54, 1.807) is 12.1 Å². The molecule has 0 N–H and O–H groups in total. The summed E-state index contributed by atoms with van der Waals surface area (Å²) in [5, 5.41) is 0.210. The van der Waals surface area contributed by atoms with Gasteiger partial charge in [0.25, 0.3) is 0 Å². The van der Waals surface area contributed by atoms with Crippen LogP contribution in [0.4, 0.5) is 17.6 Å². The summed E-state index contributed by atoms with van der Waals surface area (Å²) in [6.07, 6.45) is 0. The molecule has 0 aromatic heterocycles. The molecule has 0 aliphatic carbocycles. The second-order valence-electron chi connectivity index (χ2n) is 6.11. The second-order valence-corrected chi connectivity index (χ2v) is 7.65. The average molecular weight is 363 g/mol. The van der Waals surface area contributed by atoms with E-state index >= 15 is 0 Å². The monoisotopic (exact) mass is 362 g/mol. The third kappa shape index (κ3) is 4.42. The fraction of sp³-hybridized carbons (Fsp3) is 0.294. The number of hydrogen-bond acceptors (Lipinski definition) is 1. The third-order valence-corrected chi connectivity index (χ3v) is 4.32. The summed E-state index contributed by atoms with van der Waals surface area (Å²) in [6, 6.07) is 8.77. The van der Waals surface area contributed by atoms with Gasteiger partial charge >= 0.3 is 5.51 Å². The molecule has 0 aliphatic rings. The summed E-state index contributed by atoms with van der Waals surface area (Å²) >= 11 is 5.84. The molecule has 0 nitrogen and oxygen atoms in total. The van der Waals surface area contributed by atoms with Gasteiger partial charge in [-0.3, -0.25) is 0 Å². The second kappa shape index (κ2) is 6.36. The van der Waals surface area contributed by atoms with E-state index in [1.165, 1.54) is 24.3 Å². The average Bonchev–Trinajstić information content (AvgIpc) is 2.38. The Balaban J connectivity index is 2.56. The highest BCUT2D eigenvalue weighted by atomic mass is 35.5. The molecule has 2 aromatic rings. The third-order valence-electron chi connectivity index (χ3n) is 3.27. The number of thioether (sulfide) groups is 1. The zero-order chi connectivity index (χ0) is 17.4. The van der Waals surface area contributed by atoms with Crippen LogP contribution in [-0.4, -0.2) is 5.51 Å². The van der Waals surface area contributed by atoms with Crippen LogP contribution in [0.5, 0.6) is 0 Å². The quantitative estimate of drug-likeness (QED) is 0.407. The van der Waals surface area contributed by atoms with Gasteiger partial charge in [0.1, 0.15) is 5.82 Å². The summed E-state index contributed by atoms with van der Waals surface area (Å²) in [5.41, 5.74) is -3.89. The van der Waals surface area contributed by atoms with Gasteiger partial charge < -0.3 is 0 Å². The lowest BCUT2D eigenvalue weighted by molar-refractivity contribution is -0.0328. The molecule has 6 heteroatoms. The van der Waals surface area contributed by atoms with Gasteiger partial charge in [0, 0.05) is 21.0 Å². The minimum absolute atomic E-state index is 0.0301. The fourth-order valence-electron chi connectivity index (χ4n) is 2.23. The molecule has 23 heavy (non-hydrogen) atoms. The van der Waals surface area contributed by atoms with Gasteiger partial charge in [-0.2, -0.15) is 13.2 Å². The Bertz CT molecular complexity index is 718. The van der Waals surface area contributed by atoms with Crippen molar-refractivity contribution in [2.45, 2.75) is 36.6 Å². The Morgan fingerprint density at radius 2 is 1.61 bits per heavy atom. The number of halogens is 5. The summed E-state index contributed by atoms with van der Waals surface area (Å²) in [6.45, 7) is 5.60. The van der Waals surface area contributed by atoms with E-state index in [2.05, 4.69) is 0 Å². The van der Waals surface area contributed by atoms with E-state index in [0.29, 0.717) is 5.56 Å². The first kappa shape index (κ1) is 18.1. The van der Waals surface area contributed by atoms with Crippen LogP contribution >= 0.6 is 23.4 Å². The molecule has 0 heterocycles. The van der Waals surface area contributed by atoms with Crippen LogP contribution in [0.2, 0.25) is 5.02 Å². The topological polar surface area (TPSA) is 0 Å². The number of rotatable bonds is 2. The fourth-order valence-corrected chi connectivity index (χ4v) is 3.03. The first-order valence-electron chi connectivity index (χ1n) is 6.84. The maximum absolute atomic E-state index is 14.8. The van der Waals surface area contributed by atoms with Gasteiger partial charge in [0.15, 0.2) is 0 Å². The Morgan fingerprint density at radius 1 is 0.957 bits per heavy atom. The van der Waals surface area contributed by atoms with Gasteiger partial charge in [-0.05, 0) is 40.9 Å². The molecule has 124 valence electrons. The summed E-state index contributed by atoms with van der Waals surface area (Å²) < 4.78 is 52.4. The lowest BCUT2D eigenvalue weighted by Gasteiger charge is -2.21. The van der Waals surface area contributed by atoms with E-state index < -0.39 is 16.7 Å². The minimum Gasteiger partial charge on any atom is -0.206 e. The van der Waals surface area contributed by atoms with E-state index in [1.807, 2.05) is 20.8 Å². The normalized spacial score (nSPS) is 12.5. The van der Waals surface area contributed by atoms with Crippen LogP contribution < -0.4 is 0 Å². The van der Waals surface area contributed by atoms with Gasteiger partial charge in [0.2, 0.25) is 0 Å². The molecular formula is C17H15ClF4S. The molecule has 0 saturated heterocycles. The predicted molar refractivity (Wildman–Crippen MR) is 87.5 cm³/mol. The van der Waals surface area contributed by atoms with Crippen molar-refractivity contribution in [3.63, 3.8) is 0 Å². The smallest absolute Gasteiger partial charge is 0.206 e. The van der Waals surface area contributed by atoms with Gasteiger partial charge in [-0.1, -0.05) is 50.6 Å². The summed E-state index contributed by atoms with van der Waals surface area (Å²) in [7, 11) is 0.